The van der Waals surface area contributed by atoms with E-state index in [-0.39, 0.29) is 0 Å². The predicted molar refractivity (Wildman–Crippen MR) is 48.0 cm³/mol. The smallest absolute Gasteiger partial charge is 0.394 e. The first-order valence-electron chi connectivity index (χ1n) is 4.86. The van der Waals surface area contributed by atoms with Crippen molar-refractivity contribution in [3.63, 3.8) is 0 Å². The van der Waals surface area contributed by atoms with E-state index in [2.05, 4.69) is 4.74 Å². The van der Waals surface area contributed by atoms with Gasteiger partial charge in [-0.2, -0.15) is 13.2 Å². The zero-order valence-electron chi connectivity index (χ0n) is 8.83. The van der Waals surface area contributed by atoms with Gasteiger partial charge in [0.15, 0.2) is 6.29 Å². The largest absolute Gasteiger partial charge is 0.471 e. The van der Waals surface area contributed by atoms with Gasteiger partial charge in [0, 0.05) is 0 Å². The van der Waals surface area contributed by atoms with Crippen LogP contribution in [0.1, 0.15) is 0 Å². The van der Waals surface area contributed by atoms with Crippen molar-refractivity contribution < 1.29 is 43.1 Å². The Morgan fingerprint density at radius 2 is 1.78 bits per heavy atom. The Kier molecular flexibility index (Phi) is 4.50. The van der Waals surface area contributed by atoms with Gasteiger partial charge in [-0.05, 0) is 0 Å². The third kappa shape index (κ3) is 3.09. The average Bonchev–Trinajstić information content (AvgIpc) is 2.27. The van der Waals surface area contributed by atoms with E-state index < -0.39 is 49.3 Å². The quantitative estimate of drug-likeness (QED) is 0.379. The molecule has 0 aliphatic carbocycles. The van der Waals surface area contributed by atoms with E-state index in [1.54, 1.807) is 0 Å². The fraction of sp³-hybridized carbons (Fsp3) is 0.875. The molecule has 1 amide bonds. The lowest BCUT2D eigenvalue weighted by molar-refractivity contribution is -0.256. The lowest BCUT2D eigenvalue weighted by Crippen LogP contribution is -2.65. The number of carbonyl (C=O) groups excluding carboxylic acids is 1. The summed E-state index contributed by atoms with van der Waals surface area (Å²) in [5.41, 5.74) is 0. The van der Waals surface area contributed by atoms with Crippen LogP contribution in [0.5, 0.6) is 0 Å². The minimum Gasteiger partial charge on any atom is -0.394 e. The Balaban J connectivity index is 2.74. The van der Waals surface area contributed by atoms with Crippen LogP contribution in [0.25, 0.3) is 0 Å². The molecular weight excluding hydrogens is 263 g/mol. The molecule has 0 aromatic carbocycles. The van der Waals surface area contributed by atoms with Gasteiger partial charge in [0.05, 0.1) is 6.61 Å². The van der Waals surface area contributed by atoms with Crippen molar-refractivity contribution in [3.05, 3.63) is 0 Å². The number of aliphatic hydroxyl groups is 4. The maximum absolute atomic E-state index is 12.0. The molecule has 0 saturated carbocycles. The number of rotatable bonds is 2. The number of hydrogen-bond donors (Lipinski definition) is 5. The Morgan fingerprint density at radius 3 is 2.22 bits per heavy atom. The highest BCUT2D eigenvalue weighted by molar-refractivity contribution is 5.82. The molecule has 0 spiro atoms. The summed E-state index contributed by atoms with van der Waals surface area (Å²) in [4.78, 5) is 10.6. The highest BCUT2D eigenvalue weighted by Gasteiger charge is 2.48. The van der Waals surface area contributed by atoms with E-state index in [4.69, 9.17) is 5.11 Å². The molecule has 0 aromatic rings. The number of carbonyl (C=O) groups is 1. The van der Waals surface area contributed by atoms with Crippen LogP contribution in [-0.2, 0) is 9.53 Å². The molecule has 18 heavy (non-hydrogen) atoms. The number of amides is 1. The first-order valence-corrected chi connectivity index (χ1v) is 4.86. The van der Waals surface area contributed by atoms with E-state index in [0.29, 0.717) is 0 Å². The van der Waals surface area contributed by atoms with Crippen LogP contribution in [0.3, 0.4) is 0 Å². The van der Waals surface area contributed by atoms with E-state index >= 15 is 0 Å². The van der Waals surface area contributed by atoms with Gasteiger partial charge in [0.25, 0.3) is 0 Å². The first kappa shape index (κ1) is 15.1. The topological polar surface area (TPSA) is 119 Å². The molecule has 5 atom stereocenters. The molecule has 0 bridgehead atoms. The standard InChI is InChI=1S/C8H12F3NO6/c9-8(10,11)7(17)12-3-5(15)4(14)2(1-13)18-6(3)16/h2-6,13-16H,1H2,(H,12,17)/t2-,3+,4-,5-,6?/m1/s1. The molecular formula is C8H12F3NO6. The zero-order valence-corrected chi connectivity index (χ0v) is 8.83. The van der Waals surface area contributed by atoms with Gasteiger partial charge in [-0.1, -0.05) is 0 Å². The van der Waals surface area contributed by atoms with Gasteiger partial charge in [0.1, 0.15) is 24.4 Å². The highest BCUT2D eigenvalue weighted by atomic mass is 19.4. The van der Waals surface area contributed by atoms with Crippen molar-refractivity contribution in [1.29, 1.82) is 0 Å². The highest BCUT2D eigenvalue weighted by Crippen LogP contribution is 2.21. The Hall–Kier alpha value is -0.940. The third-order valence-electron chi connectivity index (χ3n) is 2.46. The molecule has 1 unspecified atom stereocenters. The second kappa shape index (κ2) is 5.36. The molecule has 1 heterocycles. The molecule has 10 heteroatoms. The molecule has 5 N–H and O–H groups in total. The molecule has 1 aliphatic rings. The first-order chi connectivity index (χ1) is 8.18. The number of nitrogens with one attached hydrogen (secondary N) is 1. The van der Waals surface area contributed by atoms with Crippen LogP contribution in [0.2, 0.25) is 0 Å². The van der Waals surface area contributed by atoms with E-state index in [1.165, 1.54) is 5.32 Å². The van der Waals surface area contributed by atoms with Gasteiger partial charge >= 0.3 is 12.1 Å². The van der Waals surface area contributed by atoms with E-state index in [9.17, 15) is 33.3 Å². The summed E-state index contributed by atoms with van der Waals surface area (Å²) in [7, 11) is 0. The predicted octanol–water partition coefficient (Wildman–Crippen LogP) is -2.54. The summed E-state index contributed by atoms with van der Waals surface area (Å²) in [6, 6.07) is -1.85. The molecule has 0 radical (unpaired) electrons. The second-order valence-corrected chi connectivity index (χ2v) is 3.73. The zero-order chi connectivity index (χ0) is 14.1. The number of alkyl halides is 3. The summed E-state index contributed by atoms with van der Waals surface area (Å²) in [6.07, 6.45) is -12.2. The van der Waals surface area contributed by atoms with Crippen LogP contribution in [0.4, 0.5) is 13.2 Å². The number of halogens is 3. The average molecular weight is 275 g/mol. The summed E-state index contributed by atoms with van der Waals surface area (Å²) in [5, 5.41) is 38.1. The minimum absolute atomic E-state index is 0.755. The SMILES string of the molecule is O=C(N[C@@H]1C(O)O[C@H](CO)[C@@H](O)[C@@H]1O)C(F)(F)F. The molecule has 106 valence electrons. The lowest BCUT2D eigenvalue weighted by atomic mass is 9.97. The summed E-state index contributed by atoms with van der Waals surface area (Å²) >= 11 is 0. The van der Waals surface area contributed by atoms with E-state index in [1.807, 2.05) is 0 Å². The molecule has 0 aromatic heterocycles. The molecule has 1 rings (SSSR count). The Morgan fingerprint density at radius 1 is 1.22 bits per heavy atom. The van der Waals surface area contributed by atoms with Crippen LogP contribution in [0, 0.1) is 0 Å². The van der Waals surface area contributed by atoms with Crippen molar-refractivity contribution in [3.8, 4) is 0 Å². The normalized spacial score (nSPS) is 37.4. The maximum Gasteiger partial charge on any atom is 0.471 e. The van der Waals surface area contributed by atoms with Gasteiger partial charge in [-0.3, -0.25) is 4.79 Å². The molecule has 1 fully saturated rings. The fourth-order valence-corrected chi connectivity index (χ4v) is 1.49. The van der Waals surface area contributed by atoms with Gasteiger partial charge in [-0.15, -0.1) is 0 Å². The van der Waals surface area contributed by atoms with Gasteiger partial charge < -0.3 is 30.5 Å². The molecule has 1 saturated heterocycles. The third-order valence-corrected chi connectivity index (χ3v) is 2.46. The number of ether oxygens (including phenoxy) is 1. The van der Waals surface area contributed by atoms with Crippen LogP contribution >= 0.6 is 0 Å². The van der Waals surface area contributed by atoms with Crippen molar-refractivity contribution >= 4 is 5.91 Å². The number of aliphatic hydroxyl groups excluding tert-OH is 4. The van der Waals surface area contributed by atoms with Crippen molar-refractivity contribution in [2.24, 2.45) is 0 Å². The molecule has 7 nitrogen and oxygen atoms in total. The Labute approximate surface area is 98.8 Å². The maximum atomic E-state index is 12.0. The van der Waals surface area contributed by atoms with E-state index in [0.717, 1.165) is 0 Å². The van der Waals surface area contributed by atoms with Crippen LogP contribution in [0.15, 0.2) is 0 Å². The fourth-order valence-electron chi connectivity index (χ4n) is 1.49. The summed E-state index contributed by atoms with van der Waals surface area (Å²) in [6.45, 7) is -0.755. The van der Waals surface area contributed by atoms with Crippen LogP contribution < -0.4 is 5.32 Å². The number of hydrogen-bond acceptors (Lipinski definition) is 6. The molecule has 1 aliphatic heterocycles. The van der Waals surface area contributed by atoms with Crippen molar-refractivity contribution in [2.75, 3.05) is 6.61 Å². The van der Waals surface area contributed by atoms with Crippen molar-refractivity contribution in [2.45, 2.75) is 36.8 Å². The Bertz CT molecular complexity index is 312. The second-order valence-electron chi connectivity index (χ2n) is 3.73. The van der Waals surface area contributed by atoms with Crippen LogP contribution in [-0.4, -0.2) is 69.8 Å². The monoisotopic (exact) mass is 275 g/mol. The van der Waals surface area contributed by atoms with Gasteiger partial charge in [-0.25, -0.2) is 0 Å². The minimum atomic E-state index is -5.20. The van der Waals surface area contributed by atoms with Crippen molar-refractivity contribution in [1.82, 2.24) is 5.32 Å². The summed E-state index contributed by atoms with van der Waals surface area (Å²) < 4.78 is 40.5. The van der Waals surface area contributed by atoms with Gasteiger partial charge in [0.2, 0.25) is 0 Å². The lowest BCUT2D eigenvalue weighted by Gasteiger charge is -2.40. The summed E-state index contributed by atoms with van der Waals surface area (Å²) in [5.74, 6) is -2.39.